The zero-order chi connectivity index (χ0) is 14.0. The van der Waals surface area contributed by atoms with Gasteiger partial charge in [0.05, 0.1) is 16.5 Å². The van der Waals surface area contributed by atoms with E-state index in [0.29, 0.717) is 0 Å². The summed E-state index contributed by atoms with van der Waals surface area (Å²) in [7, 11) is 0. The van der Waals surface area contributed by atoms with Crippen LogP contribution < -0.4 is 5.32 Å². The molecule has 5 heteroatoms. The summed E-state index contributed by atoms with van der Waals surface area (Å²) in [5.74, 6) is 0. The van der Waals surface area contributed by atoms with E-state index in [0.717, 1.165) is 13.1 Å². The molecule has 0 fully saturated rings. The van der Waals surface area contributed by atoms with E-state index in [2.05, 4.69) is 70.9 Å². The second kappa shape index (κ2) is 5.77. The molecule has 0 radical (unpaired) electrons. The SMILES string of the molecule is Cc1c(CNC(C)(C)C)cnn1Cc1ccc(Br)s1. The summed E-state index contributed by atoms with van der Waals surface area (Å²) in [4.78, 5) is 1.31. The Morgan fingerprint density at radius 2 is 2.11 bits per heavy atom. The molecule has 0 aliphatic heterocycles. The number of aromatic nitrogens is 2. The Bertz CT molecular complexity index is 551. The fourth-order valence-corrected chi connectivity index (χ4v) is 3.23. The van der Waals surface area contributed by atoms with Crippen LogP contribution in [0.5, 0.6) is 0 Å². The van der Waals surface area contributed by atoms with E-state index in [-0.39, 0.29) is 5.54 Å². The summed E-state index contributed by atoms with van der Waals surface area (Å²) < 4.78 is 3.24. The van der Waals surface area contributed by atoms with Gasteiger partial charge in [-0.25, -0.2) is 0 Å². The van der Waals surface area contributed by atoms with Gasteiger partial charge >= 0.3 is 0 Å². The van der Waals surface area contributed by atoms with Crippen molar-refractivity contribution in [2.75, 3.05) is 0 Å². The van der Waals surface area contributed by atoms with Gasteiger partial charge in [-0.2, -0.15) is 5.10 Å². The maximum absolute atomic E-state index is 4.49. The van der Waals surface area contributed by atoms with Crippen LogP contribution in [0.2, 0.25) is 0 Å². The Kier molecular flexibility index (Phi) is 4.48. The first-order chi connectivity index (χ1) is 8.85. The third-order valence-electron chi connectivity index (χ3n) is 2.95. The van der Waals surface area contributed by atoms with Crippen molar-refractivity contribution in [3.63, 3.8) is 0 Å². The van der Waals surface area contributed by atoms with Gasteiger partial charge in [-0.1, -0.05) is 0 Å². The third kappa shape index (κ3) is 4.16. The Hall–Kier alpha value is -0.650. The van der Waals surface area contributed by atoms with Crippen molar-refractivity contribution in [2.24, 2.45) is 0 Å². The van der Waals surface area contributed by atoms with Gasteiger partial charge < -0.3 is 5.32 Å². The molecule has 104 valence electrons. The summed E-state index contributed by atoms with van der Waals surface area (Å²) in [6.07, 6.45) is 1.97. The fraction of sp³-hybridized carbons (Fsp3) is 0.500. The lowest BCUT2D eigenvalue weighted by atomic mass is 10.1. The zero-order valence-electron chi connectivity index (χ0n) is 11.8. The molecule has 0 saturated heterocycles. The van der Waals surface area contributed by atoms with E-state index in [4.69, 9.17) is 0 Å². The molecule has 0 atom stereocenters. The summed E-state index contributed by atoms with van der Waals surface area (Å²) in [5.41, 5.74) is 2.64. The maximum Gasteiger partial charge on any atom is 0.0755 e. The number of thiophene rings is 1. The van der Waals surface area contributed by atoms with E-state index in [1.54, 1.807) is 11.3 Å². The van der Waals surface area contributed by atoms with Crippen molar-refractivity contribution in [1.82, 2.24) is 15.1 Å². The van der Waals surface area contributed by atoms with Crippen LogP contribution in [0.4, 0.5) is 0 Å². The molecular formula is C14H20BrN3S. The number of nitrogens with zero attached hydrogens (tertiary/aromatic N) is 2. The average molecular weight is 342 g/mol. The van der Waals surface area contributed by atoms with Crippen molar-refractivity contribution >= 4 is 27.3 Å². The molecule has 0 unspecified atom stereocenters. The van der Waals surface area contributed by atoms with Gasteiger partial charge in [0, 0.05) is 28.2 Å². The van der Waals surface area contributed by atoms with Crippen LogP contribution >= 0.6 is 27.3 Å². The Morgan fingerprint density at radius 3 is 2.68 bits per heavy atom. The Labute approximate surface area is 127 Å². The maximum atomic E-state index is 4.49. The van der Waals surface area contributed by atoms with Crippen LogP contribution in [0.25, 0.3) is 0 Å². The molecule has 0 amide bonds. The summed E-state index contributed by atoms with van der Waals surface area (Å²) in [6.45, 7) is 10.4. The second-order valence-corrected chi connectivity index (χ2v) is 8.27. The highest BCUT2D eigenvalue weighted by molar-refractivity contribution is 9.11. The number of rotatable bonds is 4. The fourth-order valence-electron chi connectivity index (χ4n) is 1.76. The van der Waals surface area contributed by atoms with Crippen molar-refractivity contribution in [3.05, 3.63) is 38.3 Å². The van der Waals surface area contributed by atoms with Gasteiger partial charge in [0.25, 0.3) is 0 Å². The Balaban J connectivity index is 2.05. The van der Waals surface area contributed by atoms with Crippen molar-refractivity contribution in [3.8, 4) is 0 Å². The molecule has 2 rings (SSSR count). The number of hydrogen-bond donors (Lipinski definition) is 1. The summed E-state index contributed by atoms with van der Waals surface area (Å²) in [5, 5.41) is 7.99. The lowest BCUT2D eigenvalue weighted by Gasteiger charge is -2.20. The smallest absolute Gasteiger partial charge is 0.0755 e. The quantitative estimate of drug-likeness (QED) is 0.912. The molecule has 2 heterocycles. The third-order valence-corrected chi connectivity index (χ3v) is 4.56. The molecule has 0 bridgehead atoms. The minimum Gasteiger partial charge on any atom is -0.308 e. The minimum absolute atomic E-state index is 0.132. The largest absolute Gasteiger partial charge is 0.308 e. The molecule has 0 aliphatic rings. The summed E-state index contributed by atoms with van der Waals surface area (Å²) in [6, 6.07) is 4.23. The van der Waals surface area contributed by atoms with Crippen LogP contribution in [0.1, 0.15) is 36.9 Å². The first kappa shape index (κ1) is 14.8. The van der Waals surface area contributed by atoms with Crippen LogP contribution in [0.15, 0.2) is 22.1 Å². The molecule has 0 aromatic carbocycles. The molecule has 2 aromatic heterocycles. The van der Waals surface area contributed by atoms with Crippen molar-refractivity contribution in [2.45, 2.75) is 46.3 Å². The predicted molar refractivity (Wildman–Crippen MR) is 84.7 cm³/mol. The number of nitrogens with one attached hydrogen (secondary N) is 1. The number of hydrogen-bond acceptors (Lipinski definition) is 3. The van der Waals surface area contributed by atoms with Crippen molar-refractivity contribution in [1.29, 1.82) is 0 Å². The molecular weight excluding hydrogens is 322 g/mol. The first-order valence-electron chi connectivity index (χ1n) is 6.36. The average Bonchev–Trinajstić information content (AvgIpc) is 2.85. The van der Waals surface area contributed by atoms with Gasteiger partial charge in [-0.05, 0) is 55.8 Å². The van der Waals surface area contributed by atoms with Gasteiger partial charge in [0.1, 0.15) is 0 Å². The van der Waals surface area contributed by atoms with Crippen molar-refractivity contribution < 1.29 is 0 Å². The molecule has 0 spiro atoms. The van der Waals surface area contributed by atoms with Gasteiger partial charge in [-0.15, -0.1) is 11.3 Å². The normalized spacial score (nSPS) is 12.1. The van der Waals surface area contributed by atoms with Crippen LogP contribution in [-0.2, 0) is 13.1 Å². The molecule has 19 heavy (non-hydrogen) atoms. The topological polar surface area (TPSA) is 29.9 Å². The summed E-state index contributed by atoms with van der Waals surface area (Å²) >= 11 is 5.25. The highest BCUT2D eigenvalue weighted by Gasteiger charge is 2.12. The highest BCUT2D eigenvalue weighted by Crippen LogP contribution is 2.23. The minimum atomic E-state index is 0.132. The lowest BCUT2D eigenvalue weighted by Crippen LogP contribution is -2.35. The first-order valence-corrected chi connectivity index (χ1v) is 7.96. The van der Waals surface area contributed by atoms with Gasteiger partial charge in [-0.3, -0.25) is 4.68 Å². The van der Waals surface area contributed by atoms with E-state index in [1.807, 2.05) is 6.20 Å². The highest BCUT2D eigenvalue weighted by atomic mass is 79.9. The van der Waals surface area contributed by atoms with E-state index >= 15 is 0 Å². The standard InChI is InChI=1S/C14H20BrN3S/c1-10-11(7-16-14(2,3)4)8-17-18(10)9-12-5-6-13(15)19-12/h5-6,8,16H,7,9H2,1-4H3. The molecule has 2 aromatic rings. The van der Waals surface area contributed by atoms with Crippen LogP contribution in [-0.4, -0.2) is 15.3 Å². The van der Waals surface area contributed by atoms with Gasteiger partial charge in [0.2, 0.25) is 0 Å². The molecule has 0 aliphatic carbocycles. The van der Waals surface area contributed by atoms with E-state index < -0.39 is 0 Å². The Morgan fingerprint density at radius 1 is 1.37 bits per heavy atom. The van der Waals surface area contributed by atoms with E-state index in [9.17, 15) is 0 Å². The monoisotopic (exact) mass is 341 g/mol. The lowest BCUT2D eigenvalue weighted by molar-refractivity contribution is 0.423. The number of halogens is 1. The van der Waals surface area contributed by atoms with Crippen LogP contribution in [0.3, 0.4) is 0 Å². The predicted octanol–water partition coefficient (Wildman–Crippen LogP) is 3.95. The van der Waals surface area contributed by atoms with E-state index in [1.165, 1.54) is 19.9 Å². The van der Waals surface area contributed by atoms with Gasteiger partial charge in [0.15, 0.2) is 0 Å². The zero-order valence-corrected chi connectivity index (χ0v) is 14.2. The second-order valence-electron chi connectivity index (χ2n) is 5.72. The van der Waals surface area contributed by atoms with Crippen LogP contribution in [0, 0.1) is 6.92 Å². The molecule has 3 nitrogen and oxygen atoms in total. The molecule has 0 saturated carbocycles. The molecule has 1 N–H and O–H groups in total.